The summed E-state index contributed by atoms with van der Waals surface area (Å²) in [5.74, 6) is 0.106. The molecule has 7 nitrogen and oxygen atoms in total. The first-order chi connectivity index (χ1) is 12.6. The first kappa shape index (κ1) is 16.8. The number of ether oxygens (including phenoxy) is 1. The van der Waals surface area contributed by atoms with Crippen LogP contribution in [0.25, 0.3) is 0 Å². The molecule has 1 saturated heterocycles. The highest BCUT2D eigenvalue weighted by atomic mass is 16.5. The predicted molar refractivity (Wildman–Crippen MR) is 94.3 cm³/mol. The fourth-order valence-electron chi connectivity index (χ4n) is 3.72. The van der Waals surface area contributed by atoms with Gasteiger partial charge in [-0.2, -0.15) is 0 Å². The monoisotopic (exact) mass is 355 g/mol. The lowest BCUT2D eigenvalue weighted by molar-refractivity contribution is 0.0794. The SMILES string of the molecule is NC(=O)c1cccc2c1CCCN2C(=O)c1coc(C2CCOCC2)n1. The van der Waals surface area contributed by atoms with Gasteiger partial charge in [0.05, 0.1) is 0 Å². The van der Waals surface area contributed by atoms with Gasteiger partial charge in [0, 0.05) is 36.9 Å². The standard InChI is InChI=1S/C19H21N3O4/c20-17(23)14-3-1-5-16-13(14)4-2-8-22(16)19(24)15-11-26-18(21-15)12-6-9-25-10-7-12/h1,3,5,11-12H,2,4,6-10H2,(H2,20,23). The number of aromatic nitrogens is 1. The molecule has 0 bridgehead atoms. The molecule has 0 saturated carbocycles. The van der Waals surface area contributed by atoms with Crippen molar-refractivity contribution in [2.24, 2.45) is 5.73 Å². The number of primary amides is 1. The fraction of sp³-hybridized carbons (Fsp3) is 0.421. The second kappa shape index (κ2) is 6.92. The van der Waals surface area contributed by atoms with Crippen molar-refractivity contribution in [3.8, 4) is 0 Å². The van der Waals surface area contributed by atoms with Crippen molar-refractivity contribution in [1.82, 2.24) is 4.98 Å². The van der Waals surface area contributed by atoms with E-state index in [0.717, 1.165) is 36.9 Å². The molecule has 26 heavy (non-hydrogen) atoms. The van der Waals surface area contributed by atoms with Crippen LogP contribution in [0.3, 0.4) is 0 Å². The van der Waals surface area contributed by atoms with Gasteiger partial charge in [-0.05, 0) is 43.4 Å². The van der Waals surface area contributed by atoms with E-state index in [2.05, 4.69) is 4.98 Å². The number of amides is 2. The topological polar surface area (TPSA) is 98.7 Å². The van der Waals surface area contributed by atoms with E-state index in [4.69, 9.17) is 14.9 Å². The molecule has 0 radical (unpaired) electrons. The quantitative estimate of drug-likeness (QED) is 0.910. The van der Waals surface area contributed by atoms with Crippen LogP contribution >= 0.6 is 0 Å². The molecule has 0 aliphatic carbocycles. The second-order valence-electron chi connectivity index (χ2n) is 6.69. The minimum atomic E-state index is -0.473. The molecule has 2 N–H and O–H groups in total. The minimum absolute atomic E-state index is 0.195. The highest BCUT2D eigenvalue weighted by molar-refractivity contribution is 6.06. The molecule has 7 heteroatoms. The van der Waals surface area contributed by atoms with E-state index in [0.29, 0.717) is 36.9 Å². The number of carbonyl (C=O) groups is 2. The number of rotatable bonds is 3. The van der Waals surface area contributed by atoms with Gasteiger partial charge in [-0.3, -0.25) is 9.59 Å². The molecule has 4 rings (SSSR count). The summed E-state index contributed by atoms with van der Waals surface area (Å²) in [7, 11) is 0. The third-order valence-electron chi connectivity index (χ3n) is 5.07. The average molecular weight is 355 g/mol. The molecule has 1 aromatic heterocycles. The summed E-state index contributed by atoms with van der Waals surface area (Å²) in [6, 6.07) is 5.30. The van der Waals surface area contributed by atoms with Crippen molar-refractivity contribution < 1.29 is 18.7 Å². The summed E-state index contributed by atoms with van der Waals surface area (Å²) in [5, 5.41) is 0. The Hall–Kier alpha value is -2.67. The van der Waals surface area contributed by atoms with Crippen molar-refractivity contribution in [2.45, 2.75) is 31.6 Å². The smallest absolute Gasteiger partial charge is 0.280 e. The largest absolute Gasteiger partial charge is 0.448 e. The van der Waals surface area contributed by atoms with Gasteiger partial charge >= 0.3 is 0 Å². The molecular weight excluding hydrogens is 334 g/mol. The molecule has 0 spiro atoms. The fourth-order valence-corrected chi connectivity index (χ4v) is 3.72. The molecule has 1 fully saturated rings. The zero-order chi connectivity index (χ0) is 18.1. The van der Waals surface area contributed by atoms with E-state index in [1.54, 1.807) is 17.0 Å². The summed E-state index contributed by atoms with van der Waals surface area (Å²) in [4.78, 5) is 30.8. The Balaban J connectivity index is 1.61. The van der Waals surface area contributed by atoms with Gasteiger partial charge in [-0.15, -0.1) is 0 Å². The van der Waals surface area contributed by atoms with Crippen LogP contribution in [0.1, 0.15) is 57.5 Å². The van der Waals surface area contributed by atoms with Gasteiger partial charge in [0.1, 0.15) is 6.26 Å². The molecule has 0 unspecified atom stereocenters. The van der Waals surface area contributed by atoms with Crippen molar-refractivity contribution >= 4 is 17.5 Å². The van der Waals surface area contributed by atoms with E-state index in [9.17, 15) is 9.59 Å². The zero-order valence-electron chi connectivity index (χ0n) is 14.4. The molecule has 1 aromatic carbocycles. The summed E-state index contributed by atoms with van der Waals surface area (Å²) < 4.78 is 10.9. The second-order valence-corrected chi connectivity index (χ2v) is 6.69. The zero-order valence-corrected chi connectivity index (χ0v) is 14.4. The third kappa shape index (κ3) is 2.99. The molecule has 136 valence electrons. The van der Waals surface area contributed by atoms with Crippen LogP contribution in [0.15, 0.2) is 28.9 Å². The molecule has 2 aromatic rings. The summed E-state index contributed by atoms with van der Waals surface area (Å²) in [6.45, 7) is 1.95. The normalized spacial score (nSPS) is 17.8. The van der Waals surface area contributed by atoms with Crippen LogP contribution in [0.5, 0.6) is 0 Å². The van der Waals surface area contributed by atoms with Crippen molar-refractivity contribution in [2.75, 3.05) is 24.7 Å². The Morgan fingerprint density at radius 3 is 2.81 bits per heavy atom. The van der Waals surface area contributed by atoms with Crippen LogP contribution in [0.2, 0.25) is 0 Å². The van der Waals surface area contributed by atoms with Gasteiger partial charge in [0.25, 0.3) is 5.91 Å². The van der Waals surface area contributed by atoms with E-state index >= 15 is 0 Å². The van der Waals surface area contributed by atoms with E-state index < -0.39 is 5.91 Å². The number of nitrogens with zero attached hydrogens (tertiary/aromatic N) is 2. The summed E-state index contributed by atoms with van der Waals surface area (Å²) >= 11 is 0. The van der Waals surface area contributed by atoms with Crippen LogP contribution in [0, 0.1) is 0 Å². The van der Waals surface area contributed by atoms with Crippen molar-refractivity contribution in [1.29, 1.82) is 0 Å². The first-order valence-corrected chi connectivity index (χ1v) is 8.92. The van der Waals surface area contributed by atoms with Gasteiger partial charge in [0.15, 0.2) is 11.6 Å². The number of hydrogen-bond acceptors (Lipinski definition) is 5. The van der Waals surface area contributed by atoms with Gasteiger partial charge in [-0.1, -0.05) is 6.07 Å². The molecular formula is C19H21N3O4. The lowest BCUT2D eigenvalue weighted by Crippen LogP contribution is -2.36. The number of carbonyl (C=O) groups excluding carboxylic acids is 2. The summed E-state index contributed by atoms with van der Waals surface area (Å²) in [5.41, 5.74) is 7.80. The Kier molecular flexibility index (Phi) is 4.46. The minimum Gasteiger partial charge on any atom is -0.448 e. The Bertz CT molecular complexity index is 839. The van der Waals surface area contributed by atoms with Crippen molar-refractivity contribution in [3.63, 3.8) is 0 Å². The van der Waals surface area contributed by atoms with E-state index in [1.165, 1.54) is 6.26 Å². The highest BCUT2D eigenvalue weighted by Crippen LogP contribution is 2.32. The third-order valence-corrected chi connectivity index (χ3v) is 5.07. The summed E-state index contributed by atoms with van der Waals surface area (Å²) in [6.07, 6.45) is 4.63. The van der Waals surface area contributed by atoms with Gasteiger partial charge in [-0.25, -0.2) is 4.98 Å². The predicted octanol–water partition coefficient (Wildman–Crippen LogP) is 2.26. The first-order valence-electron chi connectivity index (χ1n) is 8.92. The number of nitrogens with two attached hydrogens (primary N) is 1. The number of fused-ring (bicyclic) bond motifs is 1. The Labute approximate surface area is 151 Å². The van der Waals surface area contributed by atoms with Crippen LogP contribution in [-0.2, 0) is 11.2 Å². The van der Waals surface area contributed by atoms with Crippen molar-refractivity contribution in [3.05, 3.63) is 47.2 Å². The Morgan fingerprint density at radius 2 is 2.04 bits per heavy atom. The molecule has 3 heterocycles. The van der Waals surface area contributed by atoms with Crippen LogP contribution < -0.4 is 10.6 Å². The molecule has 2 aliphatic rings. The maximum Gasteiger partial charge on any atom is 0.280 e. The average Bonchev–Trinajstić information content (AvgIpc) is 3.17. The van der Waals surface area contributed by atoms with Crippen LogP contribution in [-0.4, -0.2) is 36.6 Å². The molecule has 2 aliphatic heterocycles. The van der Waals surface area contributed by atoms with Gasteiger partial charge in [0.2, 0.25) is 5.91 Å². The molecule has 0 atom stereocenters. The Morgan fingerprint density at radius 1 is 1.23 bits per heavy atom. The highest BCUT2D eigenvalue weighted by Gasteiger charge is 2.29. The number of hydrogen-bond donors (Lipinski definition) is 1. The number of oxazole rings is 1. The number of benzene rings is 1. The lowest BCUT2D eigenvalue weighted by Gasteiger charge is -2.29. The molecule has 2 amide bonds. The maximum absolute atomic E-state index is 13.0. The maximum atomic E-state index is 13.0. The van der Waals surface area contributed by atoms with Gasteiger partial charge < -0.3 is 19.8 Å². The van der Waals surface area contributed by atoms with Crippen LogP contribution in [0.4, 0.5) is 5.69 Å². The number of anilines is 1. The van der Waals surface area contributed by atoms with E-state index in [1.807, 2.05) is 6.07 Å². The van der Waals surface area contributed by atoms with E-state index in [-0.39, 0.29) is 11.8 Å². The lowest BCUT2D eigenvalue weighted by atomic mass is 9.95.